The number of hydrogen-bond donors (Lipinski definition) is 0. The molecule has 3 aromatic rings. The van der Waals surface area contributed by atoms with Crippen molar-refractivity contribution in [2.75, 3.05) is 13.1 Å². The second kappa shape index (κ2) is 7.47. The van der Waals surface area contributed by atoms with Crippen molar-refractivity contribution in [3.63, 3.8) is 0 Å². The Morgan fingerprint density at radius 3 is 2.65 bits per heavy atom. The number of carbonyl (C=O) groups is 1. The third-order valence-corrected chi connectivity index (χ3v) is 7.59. The average Bonchev–Trinajstić information content (AvgIpc) is 3.37. The van der Waals surface area contributed by atoms with Crippen molar-refractivity contribution in [2.24, 2.45) is 7.05 Å². The second-order valence-corrected chi connectivity index (χ2v) is 9.48. The van der Waals surface area contributed by atoms with Crippen LogP contribution in [0.25, 0.3) is 0 Å². The maximum absolute atomic E-state index is 13.6. The first-order valence-electron chi connectivity index (χ1n) is 9.90. The molecule has 0 unspecified atom stereocenters. The normalized spacial score (nSPS) is 22.3. The van der Waals surface area contributed by atoms with E-state index in [4.69, 9.17) is 4.74 Å². The van der Waals surface area contributed by atoms with Gasteiger partial charge in [0.25, 0.3) is 5.91 Å². The summed E-state index contributed by atoms with van der Waals surface area (Å²) in [7, 11) is -2.19. The van der Waals surface area contributed by atoms with Crippen LogP contribution in [0, 0.1) is 0 Å². The van der Waals surface area contributed by atoms with Gasteiger partial charge in [0.05, 0.1) is 12.6 Å². The lowest BCUT2D eigenvalue weighted by Crippen LogP contribution is -2.46. The highest BCUT2D eigenvalue weighted by Crippen LogP contribution is 2.36. The maximum atomic E-state index is 13.6. The molecule has 2 aliphatic heterocycles. The smallest absolute Gasteiger partial charge is 0.272 e. The molecule has 0 saturated carbocycles. The van der Waals surface area contributed by atoms with E-state index >= 15 is 0 Å². The van der Waals surface area contributed by atoms with Crippen molar-refractivity contribution in [1.82, 2.24) is 24.0 Å². The van der Waals surface area contributed by atoms with Crippen molar-refractivity contribution in [3.8, 4) is 5.88 Å². The first-order valence-corrected chi connectivity index (χ1v) is 11.3. The summed E-state index contributed by atoms with van der Waals surface area (Å²) in [5.41, 5.74) is 1.29. The van der Waals surface area contributed by atoms with Crippen molar-refractivity contribution in [1.29, 1.82) is 0 Å². The van der Waals surface area contributed by atoms with E-state index < -0.39 is 22.2 Å². The molecule has 160 valence electrons. The highest BCUT2D eigenvalue weighted by molar-refractivity contribution is 7.89. The van der Waals surface area contributed by atoms with Gasteiger partial charge in [0, 0.05) is 32.5 Å². The summed E-state index contributed by atoms with van der Waals surface area (Å²) in [5, 5.41) is 4.06. The summed E-state index contributed by atoms with van der Waals surface area (Å²) < 4.78 is 36.3. The molecule has 0 radical (unpaired) electrons. The maximum Gasteiger partial charge on any atom is 0.272 e. The first kappa shape index (κ1) is 19.7. The van der Waals surface area contributed by atoms with Gasteiger partial charge in [0.1, 0.15) is 16.7 Å². The van der Waals surface area contributed by atoms with E-state index in [1.807, 2.05) is 30.3 Å². The van der Waals surface area contributed by atoms with Crippen LogP contribution in [0.15, 0.2) is 65.8 Å². The molecule has 2 aromatic heterocycles. The SMILES string of the molecule is Cn1nccc1C(=O)N1C[C@@H]2[C@@H](C1)Oc1ncccc1S(=O)(=O)N2Cc1ccccc1. The molecular weight excluding hydrogens is 418 g/mol. The van der Waals surface area contributed by atoms with Gasteiger partial charge in [-0.3, -0.25) is 9.48 Å². The molecule has 4 heterocycles. The Kier molecular flexibility index (Phi) is 4.75. The number of rotatable bonds is 3. The zero-order chi connectivity index (χ0) is 21.6. The van der Waals surface area contributed by atoms with Crippen molar-refractivity contribution in [2.45, 2.75) is 23.6 Å². The fraction of sp³-hybridized carbons (Fsp3) is 0.286. The molecule has 0 bridgehead atoms. The number of amides is 1. The van der Waals surface area contributed by atoms with E-state index in [9.17, 15) is 13.2 Å². The number of ether oxygens (including phenoxy) is 1. The Bertz CT molecular complexity index is 1230. The van der Waals surface area contributed by atoms with Crippen LogP contribution >= 0.6 is 0 Å². The van der Waals surface area contributed by atoms with E-state index in [1.165, 1.54) is 21.3 Å². The van der Waals surface area contributed by atoms with Crippen LogP contribution in [0.3, 0.4) is 0 Å². The predicted octanol–water partition coefficient (Wildman–Crippen LogP) is 1.29. The number of hydrogen-bond acceptors (Lipinski definition) is 6. The number of carbonyl (C=O) groups excluding carboxylic acids is 1. The zero-order valence-electron chi connectivity index (χ0n) is 16.8. The minimum atomic E-state index is -3.89. The Labute approximate surface area is 179 Å². The van der Waals surface area contributed by atoms with Gasteiger partial charge in [-0.15, -0.1) is 0 Å². The van der Waals surface area contributed by atoms with Crippen LogP contribution in [0.5, 0.6) is 5.88 Å². The molecule has 0 aliphatic carbocycles. The third kappa shape index (κ3) is 3.37. The number of aryl methyl sites for hydroxylation is 1. The molecular formula is C21H21N5O4S. The van der Waals surface area contributed by atoms with Gasteiger partial charge in [0.15, 0.2) is 0 Å². The average molecular weight is 439 g/mol. The Balaban J connectivity index is 1.54. The highest BCUT2D eigenvalue weighted by atomic mass is 32.2. The summed E-state index contributed by atoms with van der Waals surface area (Å²) in [6.45, 7) is 0.649. The van der Waals surface area contributed by atoms with Crippen LogP contribution in [0.2, 0.25) is 0 Å². The van der Waals surface area contributed by atoms with Gasteiger partial charge in [0.2, 0.25) is 15.9 Å². The second-order valence-electron chi connectivity index (χ2n) is 7.62. The molecule has 10 heteroatoms. The van der Waals surface area contributed by atoms with Crippen LogP contribution < -0.4 is 4.74 Å². The van der Waals surface area contributed by atoms with Crippen LogP contribution in [-0.4, -0.2) is 63.5 Å². The molecule has 1 amide bonds. The summed E-state index contributed by atoms with van der Waals surface area (Å²) >= 11 is 0. The zero-order valence-corrected chi connectivity index (χ0v) is 17.6. The summed E-state index contributed by atoms with van der Waals surface area (Å²) in [4.78, 5) is 18.9. The highest BCUT2D eigenvalue weighted by Gasteiger charge is 2.48. The van der Waals surface area contributed by atoms with E-state index in [1.54, 1.807) is 30.3 Å². The minimum absolute atomic E-state index is 0.0462. The fourth-order valence-electron chi connectivity index (χ4n) is 4.14. The molecule has 31 heavy (non-hydrogen) atoms. The van der Waals surface area contributed by atoms with Gasteiger partial charge in [-0.05, 0) is 23.8 Å². The molecule has 2 aliphatic rings. The number of nitrogens with zero attached hydrogens (tertiary/aromatic N) is 5. The van der Waals surface area contributed by atoms with Gasteiger partial charge < -0.3 is 9.64 Å². The predicted molar refractivity (Wildman–Crippen MR) is 111 cm³/mol. The minimum Gasteiger partial charge on any atom is -0.470 e. The standard InChI is InChI=1S/C21H21N5O4S/c1-24-16(9-11-23-24)21(27)25-13-17-18(14-25)30-20-19(8-5-10-22-20)31(28,29)26(17)12-15-6-3-2-4-7-15/h2-11,17-18H,12-14H2,1H3/t17-,18-/m1/s1. The topological polar surface area (TPSA) is 97.6 Å². The Morgan fingerprint density at radius 2 is 1.90 bits per heavy atom. The number of pyridine rings is 1. The van der Waals surface area contributed by atoms with Crippen molar-refractivity contribution < 1.29 is 17.9 Å². The van der Waals surface area contributed by atoms with Gasteiger partial charge in [-0.1, -0.05) is 30.3 Å². The summed E-state index contributed by atoms with van der Waals surface area (Å²) in [5.74, 6) is -0.141. The van der Waals surface area contributed by atoms with Gasteiger partial charge >= 0.3 is 0 Å². The molecule has 9 nitrogen and oxygen atoms in total. The molecule has 0 spiro atoms. The lowest BCUT2D eigenvalue weighted by molar-refractivity contribution is 0.0759. The number of likely N-dealkylation sites (tertiary alicyclic amines) is 1. The number of aromatic nitrogens is 3. The van der Waals surface area contributed by atoms with E-state index in [0.29, 0.717) is 5.69 Å². The Hall–Kier alpha value is -3.24. The fourth-order valence-corrected chi connectivity index (χ4v) is 5.84. The first-order chi connectivity index (χ1) is 14.9. The molecule has 2 atom stereocenters. The molecule has 5 rings (SSSR count). The van der Waals surface area contributed by atoms with Crippen molar-refractivity contribution in [3.05, 3.63) is 72.2 Å². The van der Waals surface area contributed by atoms with E-state index in [0.717, 1.165) is 5.56 Å². The van der Waals surface area contributed by atoms with E-state index in [-0.39, 0.29) is 36.3 Å². The quantitative estimate of drug-likeness (QED) is 0.610. The molecule has 0 N–H and O–H groups in total. The third-order valence-electron chi connectivity index (χ3n) is 5.70. The number of benzene rings is 1. The largest absolute Gasteiger partial charge is 0.470 e. The van der Waals surface area contributed by atoms with Crippen LogP contribution in [0.4, 0.5) is 0 Å². The summed E-state index contributed by atoms with van der Waals surface area (Å²) in [6, 6.07) is 13.6. The van der Waals surface area contributed by atoms with Gasteiger partial charge in [-0.25, -0.2) is 13.4 Å². The number of fused-ring (bicyclic) bond motifs is 2. The lowest BCUT2D eigenvalue weighted by atomic mass is 10.1. The molecule has 1 fully saturated rings. The van der Waals surface area contributed by atoms with Crippen LogP contribution in [-0.2, 0) is 23.6 Å². The van der Waals surface area contributed by atoms with Gasteiger partial charge in [-0.2, -0.15) is 9.40 Å². The summed E-state index contributed by atoms with van der Waals surface area (Å²) in [6.07, 6.45) is 2.53. The lowest BCUT2D eigenvalue weighted by Gasteiger charge is -2.28. The Morgan fingerprint density at radius 1 is 1.10 bits per heavy atom. The monoisotopic (exact) mass is 439 g/mol. The van der Waals surface area contributed by atoms with Crippen molar-refractivity contribution >= 4 is 15.9 Å². The van der Waals surface area contributed by atoms with Crippen LogP contribution in [0.1, 0.15) is 16.1 Å². The molecule has 1 aromatic carbocycles. The molecule has 1 saturated heterocycles. The van der Waals surface area contributed by atoms with E-state index in [2.05, 4.69) is 10.1 Å². The number of sulfonamides is 1.